The van der Waals surface area contributed by atoms with Gasteiger partial charge in [-0.25, -0.2) is 4.39 Å². The summed E-state index contributed by atoms with van der Waals surface area (Å²) >= 11 is 5.91. The molecule has 0 aliphatic carbocycles. The first-order valence-electron chi connectivity index (χ1n) is 7.66. The topological polar surface area (TPSA) is 21.7 Å². The molecule has 1 aliphatic rings. The maximum atomic E-state index is 12.9. The van der Waals surface area contributed by atoms with E-state index < -0.39 is 0 Å². The summed E-state index contributed by atoms with van der Waals surface area (Å²) in [6.07, 6.45) is 0.0149. The van der Waals surface area contributed by atoms with Crippen LogP contribution in [0.5, 0.6) is 5.75 Å². The Kier molecular flexibility index (Phi) is 5.49. The first kappa shape index (κ1) is 16.2. The molecule has 0 unspecified atom stereocenters. The number of halogens is 2. The molecule has 3 rings (SSSR count). The third kappa shape index (κ3) is 4.93. The van der Waals surface area contributed by atoms with Gasteiger partial charge < -0.3 is 9.47 Å². The van der Waals surface area contributed by atoms with E-state index in [1.165, 1.54) is 17.7 Å². The van der Waals surface area contributed by atoms with E-state index in [0.29, 0.717) is 19.0 Å². The van der Waals surface area contributed by atoms with Crippen LogP contribution in [0.25, 0.3) is 0 Å². The van der Waals surface area contributed by atoms with Crippen molar-refractivity contribution in [3.63, 3.8) is 0 Å². The Morgan fingerprint density at radius 2 is 1.87 bits per heavy atom. The van der Waals surface area contributed by atoms with Crippen LogP contribution in [0.4, 0.5) is 4.39 Å². The zero-order valence-corrected chi connectivity index (χ0v) is 13.5. The van der Waals surface area contributed by atoms with Crippen LogP contribution in [-0.4, -0.2) is 37.3 Å². The Balaban J connectivity index is 1.49. The zero-order valence-electron chi connectivity index (χ0n) is 12.8. The number of hydrogen-bond donors (Lipinski definition) is 0. The molecule has 23 heavy (non-hydrogen) atoms. The van der Waals surface area contributed by atoms with Gasteiger partial charge in [0.2, 0.25) is 0 Å². The van der Waals surface area contributed by atoms with Gasteiger partial charge in [-0.2, -0.15) is 0 Å². The van der Waals surface area contributed by atoms with E-state index in [2.05, 4.69) is 4.90 Å². The van der Waals surface area contributed by atoms with Gasteiger partial charge in [-0.05, 0) is 42.0 Å². The largest absolute Gasteiger partial charge is 0.491 e. The van der Waals surface area contributed by atoms with Crippen molar-refractivity contribution in [1.82, 2.24) is 4.90 Å². The minimum atomic E-state index is -0.264. The standard InChI is InChI=1S/C18H19ClFNO2/c19-15-3-1-14(2-4-15)11-21-9-10-22-18(12-21)13-23-17-7-5-16(20)6-8-17/h1-8,18H,9-13H2/t18-/m0/s1. The molecule has 0 bridgehead atoms. The van der Waals surface area contributed by atoms with Crippen LogP contribution >= 0.6 is 11.6 Å². The lowest BCUT2D eigenvalue weighted by Gasteiger charge is -2.32. The molecule has 1 heterocycles. The molecular weight excluding hydrogens is 317 g/mol. The van der Waals surface area contributed by atoms with Crippen LogP contribution in [-0.2, 0) is 11.3 Å². The average molecular weight is 336 g/mol. The summed E-state index contributed by atoms with van der Waals surface area (Å²) in [6.45, 7) is 3.72. The fourth-order valence-corrected chi connectivity index (χ4v) is 2.72. The summed E-state index contributed by atoms with van der Waals surface area (Å²) in [5.74, 6) is 0.394. The normalized spacial score (nSPS) is 18.8. The smallest absolute Gasteiger partial charge is 0.123 e. The number of rotatable bonds is 5. The summed E-state index contributed by atoms with van der Waals surface area (Å²) in [5.41, 5.74) is 1.23. The molecule has 2 aromatic rings. The third-order valence-corrected chi connectivity index (χ3v) is 4.04. The Morgan fingerprint density at radius 1 is 1.13 bits per heavy atom. The molecule has 1 fully saturated rings. The molecule has 2 aromatic carbocycles. The minimum Gasteiger partial charge on any atom is -0.491 e. The molecular formula is C18H19ClFNO2. The van der Waals surface area contributed by atoms with Crippen molar-refractivity contribution in [2.24, 2.45) is 0 Å². The highest BCUT2D eigenvalue weighted by Gasteiger charge is 2.21. The Hall–Kier alpha value is -1.62. The van der Waals surface area contributed by atoms with Crippen molar-refractivity contribution in [1.29, 1.82) is 0 Å². The number of hydrogen-bond acceptors (Lipinski definition) is 3. The summed E-state index contributed by atoms with van der Waals surface area (Å²) in [7, 11) is 0. The molecule has 0 spiro atoms. The van der Waals surface area contributed by atoms with Gasteiger partial charge in [-0.15, -0.1) is 0 Å². The van der Waals surface area contributed by atoms with Gasteiger partial charge >= 0.3 is 0 Å². The number of morpholine rings is 1. The van der Waals surface area contributed by atoms with Crippen molar-refractivity contribution in [3.05, 3.63) is 64.9 Å². The fraction of sp³-hybridized carbons (Fsp3) is 0.333. The summed E-state index contributed by atoms with van der Waals surface area (Å²) in [4.78, 5) is 2.34. The van der Waals surface area contributed by atoms with Crippen LogP contribution in [0.3, 0.4) is 0 Å². The van der Waals surface area contributed by atoms with Gasteiger partial charge in [0.1, 0.15) is 24.3 Å². The predicted octanol–water partition coefficient (Wildman–Crippen LogP) is 3.76. The molecule has 0 aromatic heterocycles. The number of benzene rings is 2. The molecule has 0 N–H and O–H groups in total. The summed E-state index contributed by atoms with van der Waals surface area (Å²) in [6, 6.07) is 13.9. The first-order valence-corrected chi connectivity index (χ1v) is 8.03. The van der Waals surface area contributed by atoms with Gasteiger partial charge in [0.15, 0.2) is 0 Å². The lowest BCUT2D eigenvalue weighted by Crippen LogP contribution is -2.44. The third-order valence-electron chi connectivity index (χ3n) is 3.79. The highest BCUT2D eigenvalue weighted by atomic mass is 35.5. The average Bonchev–Trinajstić information content (AvgIpc) is 2.57. The van der Waals surface area contributed by atoms with E-state index in [1.54, 1.807) is 12.1 Å². The zero-order chi connectivity index (χ0) is 16.1. The molecule has 1 aliphatic heterocycles. The number of nitrogens with zero attached hydrogens (tertiary/aromatic N) is 1. The SMILES string of the molecule is Fc1ccc(OC[C@@H]2CN(Cc3ccc(Cl)cc3)CCO2)cc1. The highest BCUT2D eigenvalue weighted by Crippen LogP contribution is 2.16. The molecule has 3 nitrogen and oxygen atoms in total. The van der Waals surface area contributed by atoms with Crippen LogP contribution in [0.2, 0.25) is 5.02 Å². The van der Waals surface area contributed by atoms with Gasteiger partial charge in [-0.3, -0.25) is 4.90 Å². The second kappa shape index (κ2) is 7.77. The van der Waals surface area contributed by atoms with Crippen LogP contribution < -0.4 is 4.74 Å². The molecule has 5 heteroatoms. The van der Waals surface area contributed by atoms with Gasteiger partial charge in [0.05, 0.1) is 6.61 Å². The van der Waals surface area contributed by atoms with Crippen molar-refractivity contribution in [2.45, 2.75) is 12.6 Å². The Bertz CT molecular complexity index is 618. The van der Waals surface area contributed by atoms with Crippen molar-refractivity contribution in [2.75, 3.05) is 26.3 Å². The Morgan fingerprint density at radius 3 is 2.61 bits per heavy atom. The van der Waals surface area contributed by atoms with Crippen molar-refractivity contribution >= 4 is 11.6 Å². The first-order chi connectivity index (χ1) is 11.2. The van der Waals surface area contributed by atoms with E-state index in [1.807, 2.05) is 24.3 Å². The van der Waals surface area contributed by atoms with E-state index in [0.717, 1.165) is 24.7 Å². The quantitative estimate of drug-likeness (QED) is 0.830. The number of ether oxygens (including phenoxy) is 2. The van der Waals surface area contributed by atoms with Gasteiger partial charge in [0.25, 0.3) is 0 Å². The maximum absolute atomic E-state index is 12.9. The van der Waals surface area contributed by atoms with E-state index >= 15 is 0 Å². The lowest BCUT2D eigenvalue weighted by atomic mass is 10.2. The van der Waals surface area contributed by atoms with E-state index in [9.17, 15) is 4.39 Å². The van der Waals surface area contributed by atoms with Gasteiger partial charge in [0, 0.05) is 24.7 Å². The summed E-state index contributed by atoms with van der Waals surface area (Å²) < 4.78 is 24.3. The monoisotopic (exact) mass is 335 g/mol. The van der Waals surface area contributed by atoms with Crippen molar-refractivity contribution in [3.8, 4) is 5.75 Å². The predicted molar refractivity (Wildman–Crippen MR) is 88.4 cm³/mol. The minimum absolute atomic E-state index is 0.0149. The molecule has 1 saturated heterocycles. The second-order valence-corrected chi connectivity index (χ2v) is 6.06. The van der Waals surface area contributed by atoms with E-state index in [4.69, 9.17) is 21.1 Å². The van der Waals surface area contributed by atoms with Crippen LogP contribution in [0, 0.1) is 5.82 Å². The molecule has 122 valence electrons. The maximum Gasteiger partial charge on any atom is 0.123 e. The molecule has 0 amide bonds. The summed E-state index contributed by atoms with van der Waals surface area (Å²) in [5, 5.41) is 0.751. The van der Waals surface area contributed by atoms with Crippen LogP contribution in [0.1, 0.15) is 5.56 Å². The van der Waals surface area contributed by atoms with E-state index in [-0.39, 0.29) is 11.9 Å². The van der Waals surface area contributed by atoms with Crippen LogP contribution in [0.15, 0.2) is 48.5 Å². The highest BCUT2D eigenvalue weighted by molar-refractivity contribution is 6.30. The fourth-order valence-electron chi connectivity index (χ4n) is 2.59. The second-order valence-electron chi connectivity index (χ2n) is 5.62. The molecule has 1 atom stereocenters. The van der Waals surface area contributed by atoms with Gasteiger partial charge in [-0.1, -0.05) is 23.7 Å². The van der Waals surface area contributed by atoms with Crippen molar-refractivity contribution < 1.29 is 13.9 Å². The molecule has 0 radical (unpaired) electrons. The molecule has 0 saturated carbocycles. The lowest BCUT2D eigenvalue weighted by molar-refractivity contribution is -0.0504. The Labute approximate surface area is 140 Å².